The minimum Gasteiger partial charge on any atom is -0.293 e. The summed E-state index contributed by atoms with van der Waals surface area (Å²) in [6.45, 7) is 2.09. The number of aromatic nitrogens is 2. The van der Waals surface area contributed by atoms with Gasteiger partial charge < -0.3 is 0 Å². The number of halogens is 3. The molecule has 0 saturated heterocycles. The lowest BCUT2D eigenvalue weighted by Gasteiger charge is -2.13. The maximum atomic E-state index is 6.10. The third kappa shape index (κ3) is 2.20. The predicted octanol–water partition coefficient (Wildman–Crippen LogP) is 5.60. The van der Waals surface area contributed by atoms with E-state index in [0.29, 0.717) is 5.88 Å². The van der Waals surface area contributed by atoms with Crippen molar-refractivity contribution in [3.63, 3.8) is 0 Å². The van der Waals surface area contributed by atoms with Crippen LogP contribution in [0.4, 0.5) is 0 Å². The van der Waals surface area contributed by atoms with E-state index in [0.717, 1.165) is 31.5 Å². The SMILES string of the molecule is Cc1cccc2nc(CCl)n(-c3c(Br)cccc3Br)c12. The highest BCUT2D eigenvalue weighted by Crippen LogP contribution is 2.34. The van der Waals surface area contributed by atoms with E-state index in [4.69, 9.17) is 11.6 Å². The molecule has 1 aromatic heterocycles. The zero-order valence-corrected chi connectivity index (χ0v) is 14.6. The molecule has 20 heavy (non-hydrogen) atoms. The van der Waals surface area contributed by atoms with Crippen LogP contribution in [0.15, 0.2) is 45.3 Å². The van der Waals surface area contributed by atoms with Gasteiger partial charge in [-0.25, -0.2) is 4.98 Å². The van der Waals surface area contributed by atoms with Crippen molar-refractivity contribution in [3.8, 4) is 5.69 Å². The Balaban J connectivity index is 2.46. The minimum absolute atomic E-state index is 0.363. The van der Waals surface area contributed by atoms with Crippen LogP contribution < -0.4 is 0 Å². The lowest BCUT2D eigenvalue weighted by molar-refractivity contribution is 0.969. The lowest BCUT2D eigenvalue weighted by Crippen LogP contribution is -2.02. The van der Waals surface area contributed by atoms with E-state index in [1.807, 2.05) is 30.3 Å². The van der Waals surface area contributed by atoms with Gasteiger partial charge in [-0.15, -0.1) is 11.6 Å². The third-order valence-corrected chi connectivity index (χ3v) is 4.75. The molecule has 2 aromatic carbocycles. The fourth-order valence-electron chi connectivity index (χ4n) is 2.38. The summed E-state index contributed by atoms with van der Waals surface area (Å²) in [6, 6.07) is 12.1. The number of aryl methyl sites for hydroxylation is 1. The molecule has 0 unspecified atom stereocenters. The van der Waals surface area contributed by atoms with Crippen LogP contribution in [0.5, 0.6) is 0 Å². The van der Waals surface area contributed by atoms with Crippen molar-refractivity contribution >= 4 is 54.5 Å². The number of benzene rings is 2. The van der Waals surface area contributed by atoms with E-state index in [9.17, 15) is 0 Å². The molecular weight excluding hydrogens is 403 g/mol. The highest BCUT2D eigenvalue weighted by Gasteiger charge is 2.17. The summed E-state index contributed by atoms with van der Waals surface area (Å²) in [5.41, 5.74) is 4.26. The number of alkyl halides is 1. The van der Waals surface area contributed by atoms with E-state index in [2.05, 4.69) is 54.4 Å². The van der Waals surface area contributed by atoms with Gasteiger partial charge >= 0.3 is 0 Å². The number of imidazole rings is 1. The zero-order valence-electron chi connectivity index (χ0n) is 10.7. The average Bonchev–Trinajstić information content (AvgIpc) is 2.79. The summed E-state index contributed by atoms with van der Waals surface area (Å²) < 4.78 is 4.12. The normalized spacial score (nSPS) is 11.2. The van der Waals surface area contributed by atoms with Crippen molar-refractivity contribution in [1.29, 1.82) is 0 Å². The molecule has 0 aliphatic carbocycles. The van der Waals surface area contributed by atoms with E-state index < -0.39 is 0 Å². The van der Waals surface area contributed by atoms with Crippen LogP contribution in [0.1, 0.15) is 11.4 Å². The second-order valence-electron chi connectivity index (χ2n) is 4.51. The Morgan fingerprint density at radius 3 is 2.40 bits per heavy atom. The van der Waals surface area contributed by atoms with Crippen LogP contribution in [0.2, 0.25) is 0 Å². The van der Waals surface area contributed by atoms with Gasteiger partial charge in [-0.1, -0.05) is 18.2 Å². The highest BCUT2D eigenvalue weighted by molar-refractivity contribution is 9.11. The standard InChI is InChI=1S/C15H11Br2ClN2/c1-9-4-2-7-12-14(9)20(13(8-18)19-12)15-10(16)5-3-6-11(15)17/h2-7H,8H2,1H3. The summed E-state index contributed by atoms with van der Waals surface area (Å²) in [7, 11) is 0. The van der Waals surface area contributed by atoms with Crippen LogP contribution in [-0.2, 0) is 5.88 Å². The number of para-hydroxylation sites is 2. The molecule has 0 aliphatic heterocycles. The van der Waals surface area contributed by atoms with Crippen molar-refractivity contribution < 1.29 is 0 Å². The van der Waals surface area contributed by atoms with E-state index in [1.54, 1.807) is 0 Å². The molecule has 0 bridgehead atoms. The first kappa shape index (κ1) is 14.1. The quantitative estimate of drug-likeness (QED) is 0.499. The first-order valence-corrected chi connectivity index (χ1v) is 8.23. The van der Waals surface area contributed by atoms with E-state index >= 15 is 0 Å². The Morgan fingerprint density at radius 1 is 1.10 bits per heavy atom. The van der Waals surface area contributed by atoms with E-state index in [1.165, 1.54) is 5.56 Å². The Morgan fingerprint density at radius 2 is 1.75 bits per heavy atom. The molecule has 0 atom stereocenters. The molecule has 0 radical (unpaired) electrons. The molecule has 1 heterocycles. The van der Waals surface area contributed by atoms with Crippen molar-refractivity contribution in [1.82, 2.24) is 9.55 Å². The summed E-state index contributed by atoms with van der Waals surface area (Å²) >= 11 is 13.3. The van der Waals surface area contributed by atoms with Crippen molar-refractivity contribution in [2.75, 3.05) is 0 Å². The highest BCUT2D eigenvalue weighted by atomic mass is 79.9. The number of nitrogens with zero attached hydrogens (tertiary/aromatic N) is 2. The Bertz CT molecular complexity index is 776. The second-order valence-corrected chi connectivity index (χ2v) is 6.49. The summed E-state index contributed by atoms with van der Waals surface area (Å²) in [5.74, 6) is 1.20. The molecular formula is C15H11Br2ClN2. The molecule has 0 spiro atoms. The van der Waals surface area contributed by atoms with Crippen molar-refractivity contribution in [2.45, 2.75) is 12.8 Å². The lowest BCUT2D eigenvalue weighted by atomic mass is 10.2. The second kappa shape index (κ2) is 5.51. The smallest absolute Gasteiger partial charge is 0.129 e. The van der Waals surface area contributed by atoms with Crippen LogP contribution in [-0.4, -0.2) is 9.55 Å². The third-order valence-electron chi connectivity index (χ3n) is 3.23. The summed E-state index contributed by atoms with van der Waals surface area (Å²) in [5, 5.41) is 0. The molecule has 102 valence electrons. The predicted molar refractivity (Wildman–Crippen MR) is 90.8 cm³/mol. The van der Waals surface area contributed by atoms with Gasteiger partial charge in [0.1, 0.15) is 5.82 Å². The number of rotatable bonds is 2. The van der Waals surface area contributed by atoms with Crippen LogP contribution >= 0.6 is 43.5 Å². The molecule has 0 N–H and O–H groups in total. The molecule has 3 aromatic rings. The molecule has 0 fully saturated rings. The molecule has 3 rings (SSSR count). The van der Waals surface area contributed by atoms with Gasteiger partial charge in [0, 0.05) is 8.95 Å². The number of hydrogen-bond donors (Lipinski definition) is 0. The molecule has 0 saturated carbocycles. The number of fused-ring (bicyclic) bond motifs is 1. The summed E-state index contributed by atoms with van der Waals surface area (Å²) in [6.07, 6.45) is 0. The van der Waals surface area contributed by atoms with Gasteiger partial charge in [0.2, 0.25) is 0 Å². The molecule has 0 aliphatic rings. The Kier molecular flexibility index (Phi) is 3.89. The minimum atomic E-state index is 0.363. The van der Waals surface area contributed by atoms with Gasteiger partial charge in [-0.3, -0.25) is 4.57 Å². The Labute approximate surface area is 139 Å². The number of hydrogen-bond acceptors (Lipinski definition) is 1. The van der Waals surface area contributed by atoms with Gasteiger partial charge in [-0.05, 0) is 62.5 Å². The Hall–Kier alpha value is -0.840. The summed E-state index contributed by atoms with van der Waals surface area (Å²) in [4.78, 5) is 4.64. The van der Waals surface area contributed by atoms with Gasteiger partial charge in [-0.2, -0.15) is 0 Å². The topological polar surface area (TPSA) is 17.8 Å². The monoisotopic (exact) mass is 412 g/mol. The van der Waals surface area contributed by atoms with Gasteiger partial charge in [0.15, 0.2) is 0 Å². The fourth-order valence-corrected chi connectivity index (χ4v) is 3.91. The largest absolute Gasteiger partial charge is 0.293 e. The first-order chi connectivity index (χ1) is 9.63. The maximum Gasteiger partial charge on any atom is 0.129 e. The molecule has 5 heteroatoms. The van der Waals surface area contributed by atoms with Crippen LogP contribution in [0, 0.1) is 6.92 Å². The van der Waals surface area contributed by atoms with Crippen molar-refractivity contribution in [3.05, 3.63) is 56.7 Å². The van der Waals surface area contributed by atoms with Crippen LogP contribution in [0.25, 0.3) is 16.7 Å². The zero-order chi connectivity index (χ0) is 14.3. The van der Waals surface area contributed by atoms with Crippen LogP contribution in [0.3, 0.4) is 0 Å². The first-order valence-electron chi connectivity index (χ1n) is 6.10. The van der Waals surface area contributed by atoms with Crippen molar-refractivity contribution in [2.24, 2.45) is 0 Å². The molecule has 2 nitrogen and oxygen atoms in total. The maximum absolute atomic E-state index is 6.10. The average molecular weight is 415 g/mol. The molecule has 0 amide bonds. The van der Waals surface area contributed by atoms with Gasteiger partial charge in [0.05, 0.1) is 22.6 Å². The van der Waals surface area contributed by atoms with Gasteiger partial charge in [0.25, 0.3) is 0 Å². The van der Waals surface area contributed by atoms with E-state index in [-0.39, 0.29) is 0 Å². The fraction of sp³-hybridized carbons (Fsp3) is 0.133.